The third kappa shape index (κ3) is 3.19. The van der Waals surface area contributed by atoms with Gasteiger partial charge in [0.25, 0.3) is 0 Å². The van der Waals surface area contributed by atoms with E-state index in [1.165, 1.54) is 19.3 Å². The van der Waals surface area contributed by atoms with E-state index in [4.69, 9.17) is 16.1 Å². The lowest BCUT2D eigenvalue weighted by Gasteiger charge is -2.09. The molecule has 1 fully saturated rings. The van der Waals surface area contributed by atoms with Gasteiger partial charge in [0.05, 0.1) is 6.04 Å². The first kappa shape index (κ1) is 13.6. The van der Waals surface area contributed by atoms with E-state index in [0.29, 0.717) is 18.1 Å². The molecular formula is C15H18ClN3O. The summed E-state index contributed by atoms with van der Waals surface area (Å²) < 4.78 is 5.41. The molecule has 4 nitrogen and oxygen atoms in total. The molecule has 1 saturated heterocycles. The fraction of sp³-hybridized carbons (Fsp3) is 0.467. The quantitative estimate of drug-likeness (QED) is 0.940. The molecule has 0 amide bonds. The highest BCUT2D eigenvalue weighted by Crippen LogP contribution is 2.22. The zero-order chi connectivity index (χ0) is 13.8. The SMILES string of the molecule is Clc1ccccc1Cc1noc(C2CCCCCN2)n1. The van der Waals surface area contributed by atoms with Crippen molar-refractivity contribution in [2.75, 3.05) is 6.54 Å². The second-order valence-corrected chi connectivity index (χ2v) is 5.58. The molecule has 1 atom stereocenters. The van der Waals surface area contributed by atoms with Crippen LogP contribution in [0.5, 0.6) is 0 Å². The smallest absolute Gasteiger partial charge is 0.243 e. The Bertz CT molecular complexity index is 562. The van der Waals surface area contributed by atoms with Crippen molar-refractivity contribution in [3.8, 4) is 0 Å². The Morgan fingerprint density at radius 3 is 3.05 bits per heavy atom. The van der Waals surface area contributed by atoms with Crippen LogP contribution in [0.25, 0.3) is 0 Å². The summed E-state index contributed by atoms with van der Waals surface area (Å²) in [5.74, 6) is 1.40. The van der Waals surface area contributed by atoms with Gasteiger partial charge in [-0.05, 0) is 31.0 Å². The van der Waals surface area contributed by atoms with E-state index in [9.17, 15) is 0 Å². The average molecular weight is 292 g/mol. The summed E-state index contributed by atoms with van der Waals surface area (Å²) in [5.41, 5.74) is 1.02. The Hall–Kier alpha value is -1.39. The molecule has 0 aliphatic carbocycles. The van der Waals surface area contributed by atoms with Crippen LogP contribution in [-0.4, -0.2) is 16.7 Å². The van der Waals surface area contributed by atoms with Crippen LogP contribution >= 0.6 is 11.6 Å². The number of aromatic nitrogens is 2. The fourth-order valence-corrected chi connectivity index (χ4v) is 2.73. The predicted molar refractivity (Wildman–Crippen MR) is 77.8 cm³/mol. The van der Waals surface area contributed by atoms with Gasteiger partial charge in [0.15, 0.2) is 5.82 Å². The minimum Gasteiger partial charge on any atom is -0.338 e. The first-order chi connectivity index (χ1) is 9.83. The van der Waals surface area contributed by atoms with E-state index in [0.717, 1.165) is 23.6 Å². The van der Waals surface area contributed by atoms with Gasteiger partial charge in [-0.25, -0.2) is 0 Å². The second-order valence-electron chi connectivity index (χ2n) is 5.17. The van der Waals surface area contributed by atoms with Gasteiger partial charge in [-0.15, -0.1) is 0 Å². The molecule has 1 N–H and O–H groups in total. The zero-order valence-electron chi connectivity index (χ0n) is 11.3. The number of hydrogen-bond donors (Lipinski definition) is 1. The van der Waals surface area contributed by atoms with Crippen LogP contribution in [0.1, 0.15) is 49.0 Å². The molecular weight excluding hydrogens is 274 g/mol. The molecule has 0 spiro atoms. The van der Waals surface area contributed by atoms with E-state index in [2.05, 4.69) is 15.5 Å². The number of benzene rings is 1. The zero-order valence-corrected chi connectivity index (χ0v) is 12.1. The maximum atomic E-state index is 6.15. The lowest BCUT2D eigenvalue weighted by atomic mass is 10.1. The van der Waals surface area contributed by atoms with Gasteiger partial charge >= 0.3 is 0 Å². The maximum absolute atomic E-state index is 6.15. The van der Waals surface area contributed by atoms with Gasteiger partial charge in [0.1, 0.15) is 0 Å². The molecule has 1 aromatic heterocycles. The van der Waals surface area contributed by atoms with Crippen LogP contribution in [0.3, 0.4) is 0 Å². The largest absolute Gasteiger partial charge is 0.338 e. The first-order valence-corrected chi connectivity index (χ1v) is 7.50. The van der Waals surface area contributed by atoms with Crippen molar-refractivity contribution in [2.24, 2.45) is 0 Å². The van der Waals surface area contributed by atoms with Crippen LogP contribution in [0.15, 0.2) is 28.8 Å². The van der Waals surface area contributed by atoms with Gasteiger partial charge in [0.2, 0.25) is 5.89 Å². The Kier molecular flexibility index (Phi) is 4.33. The van der Waals surface area contributed by atoms with Gasteiger partial charge in [-0.2, -0.15) is 4.98 Å². The second kappa shape index (κ2) is 6.37. The minimum absolute atomic E-state index is 0.199. The summed E-state index contributed by atoms with van der Waals surface area (Å²) in [5, 5.41) is 8.28. The van der Waals surface area contributed by atoms with Crippen LogP contribution in [0.4, 0.5) is 0 Å². The Morgan fingerprint density at radius 1 is 1.25 bits per heavy atom. The standard InChI is InChI=1S/C15H18ClN3O/c16-12-7-4-3-6-11(12)10-14-18-15(20-19-14)13-8-2-1-5-9-17-13/h3-4,6-7,13,17H,1-2,5,8-10H2. The number of hydrogen-bond acceptors (Lipinski definition) is 4. The summed E-state index contributed by atoms with van der Waals surface area (Å²) in [6, 6.07) is 7.95. The van der Waals surface area contributed by atoms with Gasteiger partial charge in [-0.3, -0.25) is 0 Å². The molecule has 2 heterocycles. The van der Waals surface area contributed by atoms with Crippen molar-refractivity contribution < 1.29 is 4.52 Å². The molecule has 0 bridgehead atoms. The number of rotatable bonds is 3. The van der Waals surface area contributed by atoms with Gasteiger partial charge in [0, 0.05) is 11.4 Å². The fourth-order valence-electron chi connectivity index (χ4n) is 2.53. The molecule has 0 saturated carbocycles. The van der Waals surface area contributed by atoms with Crippen LogP contribution in [0, 0.1) is 0 Å². The summed E-state index contributed by atoms with van der Waals surface area (Å²) in [7, 11) is 0. The Balaban J connectivity index is 1.71. The van der Waals surface area contributed by atoms with Crippen molar-refractivity contribution in [2.45, 2.75) is 38.1 Å². The molecule has 1 unspecified atom stereocenters. The average Bonchev–Trinajstić information content (AvgIpc) is 2.74. The number of halogens is 1. The third-order valence-corrected chi connectivity index (χ3v) is 4.02. The topological polar surface area (TPSA) is 51.0 Å². The van der Waals surface area contributed by atoms with E-state index in [-0.39, 0.29) is 6.04 Å². The predicted octanol–water partition coefficient (Wildman–Crippen LogP) is 3.52. The summed E-state index contributed by atoms with van der Waals surface area (Å²) in [4.78, 5) is 4.51. The molecule has 1 aliphatic rings. The molecule has 5 heteroatoms. The highest BCUT2D eigenvalue weighted by Gasteiger charge is 2.20. The molecule has 1 aliphatic heterocycles. The molecule has 1 aromatic carbocycles. The van der Waals surface area contributed by atoms with Crippen molar-refractivity contribution in [1.82, 2.24) is 15.5 Å². The maximum Gasteiger partial charge on any atom is 0.243 e. The summed E-state index contributed by atoms with van der Waals surface area (Å²) in [6.45, 7) is 1.02. The van der Waals surface area contributed by atoms with Gasteiger partial charge < -0.3 is 9.84 Å². The van der Waals surface area contributed by atoms with Crippen molar-refractivity contribution in [3.05, 3.63) is 46.6 Å². The number of nitrogens with zero attached hydrogens (tertiary/aromatic N) is 2. The van der Waals surface area contributed by atoms with Crippen LogP contribution < -0.4 is 5.32 Å². The molecule has 20 heavy (non-hydrogen) atoms. The van der Waals surface area contributed by atoms with E-state index in [1.54, 1.807) is 0 Å². The first-order valence-electron chi connectivity index (χ1n) is 7.12. The van der Waals surface area contributed by atoms with Crippen molar-refractivity contribution in [1.29, 1.82) is 0 Å². The van der Waals surface area contributed by atoms with E-state index in [1.807, 2.05) is 24.3 Å². The number of nitrogens with one attached hydrogen (secondary N) is 1. The molecule has 106 valence electrons. The van der Waals surface area contributed by atoms with E-state index < -0.39 is 0 Å². The van der Waals surface area contributed by atoms with Crippen LogP contribution in [-0.2, 0) is 6.42 Å². The summed E-state index contributed by atoms with van der Waals surface area (Å²) in [6.07, 6.45) is 5.37. The normalized spacial score (nSPS) is 19.8. The molecule has 2 aromatic rings. The van der Waals surface area contributed by atoms with Crippen molar-refractivity contribution >= 4 is 11.6 Å². The molecule has 0 radical (unpaired) electrons. The Labute approximate surface area is 123 Å². The van der Waals surface area contributed by atoms with Crippen LogP contribution in [0.2, 0.25) is 5.02 Å². The Morgan fingerprint density at radius 2 is 2.15 bits per heavy atom. The molecule has 3 rings (SSSR count). The lowest BCUT2D eigenvalue weighted by Crippen LogP contribution is -2.20. The third-order valence-electron chi connectivity index (χ3n) is 3.65. The van der Waals surface area contributed by atoms with Gasteiger partial charge in [-0.1, -0.05) is 47.8 Å². The highest BCUT2D eigenvalue weighted by atomic mass is 35.5. The van der Waals surface area contributed by atoms with E-state index >= 15 is 0 Å². The summed E-state index contributed by atoms with van der Waals surface area (Å²) >= 11 is 6.15. The highest BCUT2D eigenvalue weighted by molar-refractivity contribution is 6.31. The van der Waals surface area contributed by atoms with Crippen molar-refractivity contribution in [3.63, 3.8) is 0 Å². The minimum atomic E-state index is 0.199. The lowest BCUT2D eigenvalue weighted by molar-refractivity contribution is 0.325. The monoisotopic (exact) mass is 291 g/mol.